The summed E-state index contributed by atoms with van der Waals surface area (Å²) in [5, 5.41) is 25.2. The molecule has 1 aromatic heterocycles. The second-order valence-corrected chi connectivity index (χ2v) is 11.3. The number of aryl methyl sites for hydroxylation is 1. The predicted molar refractivity (Wildman–Crippen MR) is 141 cm³/mol. The van der Waals surface area contributed by atoms with E-state index >= 15 is 0 Å². The summed E-state index contributed by atoms with van der Waals surface area (Å²) in [6.07, 6.45) is 12.1. The lowest BCUT2D eigenvalue weighted by Crippen LogP contribution is -2.51. The number of aliphatic hydroxyl groups is 2. The van der Waals surface area contributed by atoms with Crippen LogP contribution in [0.25, 0.3) is 16.7 Å². The summed E-state index contributed by atoms with van der Waals surface area (Å²) in [4.78, 5) is 4.45. The minimum Gasteiger partial charge on any atom is -0.441 e. The third-order valence-electron chi connectivity index (χ3n) is 9.18. The van der Waals surface area contributed by atoms with E-state index in [1.807, 2.05) is 27.1 Å². The quantitative estimate of drug-likeness (QED) is 0.502. The normalized spacial score (nSPS) is 36.0. The maximum atomic E-state index is 12.2. The van der Waals surface area contributed by atoms with Gasteiger partial charge in [-0.1, -0.05) is 43.7 Å². The topological polar surface area (TPSA) is 78.5 Å². The fourth-order valence-corrected chi connectivity index (χ4v) is 7.28. The molecule has 5 nitrogen and oxygen atoms in total. The molecule has 0 bridgehead atoms. The van der Waals surface area contributed by atoms with Crippen molar-refractivity contribution in [1.82, 2.24) is 10.3 Å². The highest BCUT2D eigenvalue weighted by molar-refractivity contribution is 5.82. The summed E-state index contributed by atoms with van der Waals surface area (Å²) in [6, 6.07) is 6.33. The summed E-state index contributed by atoms with van der Waals surface area (Å²) in [5.74, 6) is 1.63. The van der Waals surface area contributed by atoms with Crippen LogP contribution in [0.3, 0.4) is 0 Å². The molecule has 0 saturated heterocycles. The molecule has 4 aliphatic carbocycles. The van der Waals surface area contributed by atoms with E-state index in [9.17, 15) is 10.2 Å². The molecule has 2 aromatic rings. The van der Waals surface area contributed by atoms with Gasteiger partial charge in [0.1, 0.15) is 5.52 Å². The van der Waals surface area contributed by atoms with Crippen LogP contribution in [0.15, 0.2) is 52.0 Å². The van der Waals surface area contributed by atoms with Gasteiger partial charge in [0.05, 0.1) is 11.7 Å². The highest BCUT2D eigenvalue weighted by atomic mass is 16.3. The molecule has 1 heterocycles. The number of benzene rings is 1. The Morgan fingerprint density at radius 1 is 1.17 bits per heavy atom. The largest absolute Gasteiger partial charge is 0.441 e. The number of nitrogens with one attached hydrogen (secondary N) is 1. The Balaban J connectivity index is 0.000000806. The van der Waals surface area contributed by atoms with E-state index in [-0.39, 0.29) is 17.4 Å². The summed E-state index contributed by atoms with van der Waals surface area (Å²) in [6.45, 7) is 6.53. The van der Waals surface area contributed by atoms with Crippen LogP contribution in [0, 0.1) is 30.1 Å². The molecule has 0 spiro atoms. The predicted octanol–water partition coefficient (Wildman–Crippen LogP) is 5.57. The van der Waals surface area contributed by atoms with E-state index in [4.69, 9.17) is 4.42 Å². The Labute approximate surface area is 209 Å². The number of hydrogen-bond acceptors (Lipinski definition) is 5. The summed E-state index contributed by atoms with van der Waals surface area (Å²) >= 11 is 0. The average molecular weight is 477 g/mol. The van der Waals surface area contributed by atoms with Crippen LogP contribution in [0.5, 0.6) is 0 Å². The van der Waals surface area contributed by atoms with Crippen LogP contribution in [-0.2, 0) is 0 Å². The minimum absolute atomic E-state index is 0.144. The molecule has 35 heavy (non-hydrogen) atoms. The molecule has 4 aliphatic rings. The highest BCUT2D eigenvalue weighted by Gasteiger charge is 2.58. The number of hydrogen-bond donors (Lipinski definition) is 3. The van der Waals surface area contributed by atoms with Crippen molar-refractivity contribution in [3.63, 3.8) is 0 Å². The molecule has 0 aliphatic heterocycles. The van der Waals surface area contributed by atoms with E-state index in [1.165, 1.54) is 16.7 Å². The van der Waals surface area contributed by atoms with Crippen molar-refractivity contribution in [1.29, 1.82) is 0 Å². The Kier molecular flexibility index (Phi) is 6.31. The van der Waals surface area contributed by atoms with E-state index in [0.29, 0.717) is 17.7 Å². The minimum atomic E-state index is -0.818. The fraction of sp³-hybridized carbons (Fsp3) is 0.567. The monoisotopic (exact) mass is 476 g/mol. The molecule has 1 fully saturated rings. The molecule has 5 unspecified atom stereocenters. The molecule has 0 amide bonds. The molecule has 188 valence electrons. The van der Waals surface area contributed by atoms with E-state index < -0.39 is 5.60 Å². The molecule has 6 rings (SSSR count). The first-order chi connectivity index (χ1) is 16.7. The molecule has 3 N–H and O–H groups in total. The molecule has 5 heteroatoms. The summed E-state index contributed by atoms with van der Waals surface area (Å²) in [7, 11) is 3.75. The lowest BCUT2D eigenvalue weighted by Gasteiger charge is -2.51. The number of aromatic nitrogens is 1. The Bertz CT molecular complexity index is 1210. The van der Waals surface area contributed by atoms with Crippen molar-refractivity contribution < 1.29 is 14.6 Å². The third-order valence-corrected chi connectivity index (χ3v) is 9.18. The van der Waals surface area contributed by atoms with Crippen LogP contribution in [0.2, 0.25) is 0 Å². The zero-order valence-electron chi connectivity index (χ0n) is 21.8. The Hall–Kier alpha value is -2.21. The molecular formula is C30H40N2O3. The zero-order chi connectivity index (χ0) is 25.0. The second kappa shape index (κ2) is 9.02. The van der Waals surface area contributed by atoms with Gasteiger partial charge < -0.3 is 19.9 Å². The van der Waals surface area contributed by atoms with Gasteiger partial charge in [-0.25, -0.2) is 4.98 Å². The number of rotatable bonds is 1. The van der Waals surface area contributed by atoms with Gasteiger partial charge in [-0.3, -0.25) is 0 Å². The first kappa shape index (κ1) is 24.5. The Morgan fingerprint density at radius 2 is 1.94 bits per heavy atom. The number of oxazole rings is 1. The van der Waals surface area contributed by atoms with Crippen molar-refractivity contribution in [2.24, 2.45) is 23.2 Å². The first-order valence-electron chi connectivity index (χ1n) is 13.2. The number of nitrogens with zero attached hydrogens (tertiary/aromatic N) is 1. The third kappa shape index (κ3) is 3.92. The Morgan fingerprint density at radius 3 is 2.71 bits per heavy atom. The number of allylic oxidation sites excluding steroid dienone is 3. The van der Waals surface area contributed by atoms with Gasteiger partial charge in [-0.2, -0.15) is 0 Å². The van der Waals surface area contributed by atoms with E-state index in [1.54, 1.807) is 0 Å². The van der Waals surface area contributed by atoms with Gasteiger partial charge >= 0.3 is 0 Å². The van der Waals surface area contributed by atoms with Gasteiger partial charge in [-0.15, -0.1) is 0 Å². The maximum absolute atomic E-state index is 12.2. The van der Waals surface area contributed by atoms with Crippen molar-refractivity contribution in [3.05, 3.63) is 59.0 Å². The van der Waals surface area contributed by atoms with Crippen LogP contribution in [-0.4, -0.2) is 41.0 Å². The second-order valence-electron chi connectivity index (χ2n) is 11.3. The van der Waals surface area contributed by atoms with Crippen molar-refractivity contribution in [3.8, 4) is 0 Å². The summed E-state index contributed by atoms with van der Waals surface area (Å²) < 4.78 is 5.82. The van der Waals surface area contributed by atoms with Crippen LogP contribution >= 0.6 is 0 Å². The van der Waals surface area contributed by atoms with Gasteiger partial charge in [-0.05, 0) is 93.3 Å². The average Bonchev–Trinajstić information content (AvgIpc) is 3.33. The van der Waals surface area contributed by atoms with Crippen molar-refractivity contribution in [2.45, 2.75) is 71.0 Å². The van der Waals surface area contributed by atoms with Crippen molar-refractivity contribution in [2.75, 3.05) is 14.1 Å². The number of aliphatic hydroxyl groups excluding tert-OH is 1. The smallest absolute Gasteiger partial charge is 0.192 e. The fourth-order valence-electron chi connectivity index (χ4n) is 7.28. The SMILES string of the molecule is CNC.Cc1nc2ccc(C3=CCC4C3(C)C(C)C=C3C=C5CC(O)CCC5CC[C@@]34O)cc2o1. The van der Waals surface area contributed by atoms with E-state index in [2.05, 4.69) is 54.5 Å². The maximum Gasteiger partial charge on any atom is 0.192 e. The zero-order valence-corrected chi connectivity index (χ0v) is 21.8. The number of fused-ring (bicyclic) bond motifs is 5. The summed E-state index contributed by atoms with van der Waals surface area (Å²) in [5.41, 5.74) is 5.69. The standard InChI is InChI=1S/C28H33NO3.C2H7N/c1-16-12-21-13-20-14-22(30)6-4-18(20)10-11-28(21,31)26-9-7-23(27(16,26)3)19-5-8-24-25(15-19)32-17(2)29-24;1-3-2/h5,7-8,12-13,15-16,18,22,26,30-31H,4,6,9-11,14H2,1-3H3;3H,1-2H3/t16?,18?,22?,26?,27?,28-;/m1./s1. The lowest BCUT2D eigenvalue weighted by atomic mass is 9.54. The first-order valence-corrected chi connectivity index (χ1v) is 13.2. The van der Waals surface area contributed by atoms with Crippen LogP contribution in [0.1, 0.15) is 63.8 Å². The van der Waals surface area contributed by atoms with Crippen molar-refractivity contribution >= 4 is 16.7 Å². The van der Waals surface area contributed by atoms with E-state index in [0.717, 1.165) is 55.2 Å². The molecular weight excluding hydrogens is 436 g/mol. The highest BCUT2D eigenvalue weighted by Crippen LogP contribution is 2.63. The van der Waals surface area contributed by atoms with Gasteiger partial charge in [0.15, 0.2) is 11.5 Å². The molecule has 0 radical (unpaired) electrons. The van der Waals surface area contributed by atoms with Gasteiger partial charge in [0.2, 0.25) is 0 Å². The van der Waals surface area contributed by atoms with Gasteiger partial charge in [0, 0.05) is 18.3 Å². The van der Waals surface area contributed by atoms with Gasteiger partial charge in [0.25, 0.3) is 0 Å². The molecule has 1 aromatic carbocycles. The van der Waals surface area contributed by atoms with Crippen LogP contribution < -0.4 is 5.32 Å². The van der Waals surface area contributed by atoms with Crippen LogP contribution in [0.4, 0.5) is 0 Å². The lowest BCUT2D eigenvalue weighted by molar-refractivity contribution is -0.0455. The molecule has 6 atom stereocenters. The molecule has 1 saturated carbocycles.